The smallest absolute Gasteiger partial charge is 0.261 e. The summed E-state index contributed by atoms with van der Waals surface area (Å²) >= 11 is 0. The van der Waals surface area contributed by atoms with Crippen molar-refractivity contribution in [1.82, 2.24) is 0 Å². The molecular weight excluding hydrogens is 279 g/mol. The molecule has 0 aliphatic carbocycles. The first-order valence-electron chi connectivity index (χ1n) is 4.93. The quantitative estimate of drug-likeness (QED) is 0.811. The Morgan fingerprint density at radius 2 is 1.33 bits per heavy atom. The van der Waals surface area contributed by atoms with Crippen LogP contribution in [-0.4, -0.2) is 8.42 Å². The average molecular weight is 287 g/mol. The van der Waals surface area contributed by atoms with E-state index < -0.39 is 9.05 Å². The first kappa shape index (κ1) is 12.9. The fourth-order valence-corrected chi connectivity index (χ4v) is 2.08. The second-order valence-corrected chi connectivity index (χ2v) is 6.03. The Kier molecular flexibility index (Phi) is 3.54. The third-order valence-electron chi connectivity index (χ3n) is 2.15. The zero-order valence-corrected chi connectivity index (χ0v) is 10.6. The Morgan fingerprint density at radius 1 is 0.889 bits per heavy atom. The molecule has 2 aromatic rings. The minimum atomic E-state index is -3.73. The molecule has 0 radical (unpaired) electrons. The van der Waals surface area contributed by atoms with Crippen LogP contribution in [0.4, 0.5) is 4.39 Å². The Labute approximate surface area is 108 Å². The summed E-state index contributed by atoms with van der Waals surface area (Å²) in [7, 11) is 1.45. The van der Waals surface area contributed by atoms with Gasteiger partial charge in [-0.1, -0.05) is 0 Å². The molecule has 0 bridgehead atoms. The van der Waals surface area contributed by atoms with Gasteiger partial charge >= 0.3 is 0 Å². The van der Waals surface area contributed by atoms with E-state index in [1.807, 2.05) is 0 Å². The predicted octanol–water partition coefficient (Wildman–Crippen LogP) is 3.55. The van der Waals surface area contributed by atoms with E-state index in [-0.39, 0.29) is 10.7 Å². The molecule has 0 heterocycles. The second kappa shape index (κ2) is 4.96. The van der Waals surface area contributed by atoms with Gasteiger partial charge in [0.05, 0.1) is 4.90 Å². The zero-order chi connectivity index (χ0) is 13.2. The summed E-state index contributed by atoms with van der Waals surface area (Å²) in [6.07, 6.45) is 0. The lowest BCUT2D eigenvalue weighted by molar-refractivity contribution is 0.480. The van der Waals surface area contributed by atoms with Gasteiger partial charge in [-0.15, -0.1) is 0 Å². The van der Waals surface area contributed by atoms with Gasteiger partial charge in [0.1, 0.15) is 17.3 Å². The molecule has 0 atom stereocenters. The van der Waals surface area contributed by atoms with Gasteiger partial charge in [0.25, 0.3) is 9.05 Å². The molecule has 6 heteroatoms. The van der Waals surface area contributed by atoms with Gasteiger partial charge in [0.15, 0.2) is 0 Å². The highest BCUT2D eigenvalue weighted by molar-refractivity contribution is 8.13. The first-order valence-corrected chi connectivity index (χ1v) is 7.24. The Morgan fingerprint density at radius 3 is 1.78 bits per heavy atom. The summed E-state index contributed by atoms with van der Waals surface area (Å²) in [6.45, 7) is 0. The topological polar surface area (TPSA) is 43.4 Å². The molecule has 0 fully saturated rings. The van der Waals surface area contributed by atoms with E-state index in [2.05, 4.69) is 0 Å². The van der Waals surface area contributed by atoms with Crippen molar-refractivity contribution in [2.24, 2.45) is 0 Å². The lowest BCUT2D eigenvalue weighted by atomic mass is 10.3. The molecule has 2 rings (SSSR count). The van der Waals surface area contributed by atoms with Crippen molar-refractivity contribution in [3.63, 3.8) is 0 Å². The van der Waals surface area contributed by atoms with Crippen LogP contribution < -0.4 is 4.74 Å². The van der Waals surface area contributed by atoms with Crippen molar-refractivity contribution in [2.45, 2.75) is 4.90 Å². The van der Waals surface area contributed by atoms with E-state index in [4.69, 9.17) is 15.4 Å². The summed E-state index contributed by atoms with van der Waals surface area (Å²) < 4.78 is 40.1. The van der Waals surface area contributed by atoms with Crippen molar-refractivity contribution < 1.29 is 17.5 Å². The van der Waals surface area contributed by atoms with Crippen LogP contribution in [0.3, 0.4) is 0 Å². The number of halogens is 2. The lowest BCUT2D eigenvalue weighted by Gasteiger charge is -2.05. The minimum Gasteiger partial charge on any atom is -0.457 e. The molecule has 0 aromatic heterocycles. The van der Waals surface area contributed by atoms with Crippen LogP contribution in [0.25, 0.3) is 0 Å². The van der Waals surface area contributed by atoms with Crippen molar-refractivity contribution in [3.05, 3.63) is 54.3 Å². The van der Waals surface area contributed by atoms with Crippen molar-refractivity contribution in [3.8, 4) is 11.5 Å². The van der Waals surface area contributed by atoms with Crippen molar-refractivity contribution in [1.29, 1.82) is 0 Å². The van der Waals surface area contributed by atoms with E-state index in [1.54, 1.807) is 0 Å². The highest BCUT2D eigenvalue weighted by Gasteiger charge is 2.09. The van der Waals surface area contributed by atoms with E-state index in [1.165, 1.54) is 48.5 Å². The Bertz CT molecular complexity index is 636. The third kappa shape index (κ3) is 3.21. The van der Waals surface area contributed by atoms with E-state index in [0.717, 1.165) is 0 Å². The van der Waals surface area contributed by atoms with Crippen LogP contribution in [0.15, 0.2) is 53.4 Å². The van der Waals surface area contributed by atoms with Crippen LogP contribution in [0, 0.1) is 5.82 Å². The molecular formula is C12H8ClFO3S. The first-order chi connectivity index (χ1) is 8.45. The maximum atomic E-state index is 12.7. The van der Waals surface area contributed by atoms with Gasteiger partial charge < -0.3 is 4.74 Å². The third-order valence-corrected chi connectivity index (χ3v) is 3.52. The Hall–Kier alpha value is -1.59. The van der Waals surface area contributed by atoms with Crippen LogP contribution in [0.2, 0.25) is 0 Å². The second-order valence-electron chi connectivity index (χ2n) is 3.47. The van der Waals surface area contributed by atoms with Crippen LogP contribution in [0.1, 0.15) is 0 Å². The fraction of sp³-hybridized carbons (Fsp3) is 0. The number of hydrogen-bond acceptors (Lipinski definition) is 3. The standard InChI is InChI=1S/C12H8ClFO3S/c13-18(15,16)12-7-5-11(6-8-12)17-10-3-1-9(14)2-4-10/h1-8H. The minimum absolute atomic E-state index is 0.00405. The van der Waals surface area contributed by atoms with Gasteiger partial charge in [-0.2, -0.15) is 0 Å². The van der Waals surface area contributed by atoms with Crippen LogP contribution >= 0.6 is 10.7 Å². The van der Waals surface area contributed by atoms with E-state index >= 15 is 0 Å². The van der Waals surface area contributed by atoms with E-state index in [9.17, 15) is 12.8 Å². The Balaban J connectivity index is 2.18. The number of benzene rings is 2. The van der Waals surface area contributed by atoms with Crippen molar-refractivity contribution >= 4 is 19.7 Å². The van der Waals surface area contributed by atoms with Gasteiger partial charge in [0.2, 0.25) is 0 Å². The van der Waals surface area contributed by atoms with Gasteiger partial charge in [-0.05, 0) is 48.5 Å². The van der Waals surface area contributed by atoms with Crippen molar-refractivity contribution in [2.75, 3.05) is 0 Å². The average Bonchev–Trinajstić information content (AvgIpc) is 2.32. The molecule has 18 heavy (non-hydrogen) atoms. The molecule has 0 saturated heterocycles. The normalized spacial score (nSPS) is 11.2. The molecule has 94 valence electrons. The van der Waals surface area contributed by atoms with Crippen LogP contribution in [0.5, 0.6) is 11.5 Å². The summed E-state index contributed by atoms with van der Waals surface area (Å²) in [5, 5.41) is 0. The van der Waals surface area contributed by atoms with E-state index in [0.29, 0.717) is 11.5 Å². The largest absolute Gasteiger partial charge is 0.457 e. The highest BCUT2D eigenvalue weighted by Crippen LogP contribution is 2.24. The molecule has 0 aliphatic rings. The van der Waals surface area contributed by atoms with Crippen LogP contribution in [-0.2, 0) is 9.05 Å². The molecule has 0 amide bonds. The summed E-state index contributed by atoms with van der Waals surface area (Å²) in [6, 6.07) is 11.1. The van der Waals surface area contributed by atoms with Gasteiger partial charge in [0, 0.05) is 10.7 Å². The fourth-order valence-electron chi connectivity index (χ4n) is 1.31. The summed E-state index contributed by atoms with van der Waals surface area (Å²) in [5.41, 5.74) is 0. The number of hydrogen-bond donors (Lipinski definition) is 0. The zero-order valence-electron chi connectivity index (χ0n) is 9.01. The molecule has 2 aromatic carbocycles. The maximum Gasteiger partial charge on any atom is 0.261 e. The number of rotatable bonds is 3. The van der Waals surface area contributed by atoms with Gasteiger partial charge in [-0.25, -0.2) is 12.8 Å². The predicted molar refractivity (Wildman–Crippen MR) is 66.0 cm³/mol. The molecule has 0 N–H and O–H groups in total. The molecule has 0 aliphatic heterocycles. The summed E-state index contributed by atoms with van der Waals surface area (Å²) in [4.78, 5) is -0.00405. The SMILES string of the molecule is O=S(=O)(Cl)c1ccc(Oc2ccc(F)cc2)cc1. The molecule has 0 unspecified atom stereocenters. The molecule has 0 spiro atoms. The lowest BCUT2D eigenvalue weighted by Crippen LogP contribution is -1.90. The molecule has 3 nitrogen and oxygen atoms in total. The van der Waals surface area contributed by atoms with Gasteiger partial charge in [-0.3, -0.25) is 0 Å². The monoisotopic (exact) mass is 286 g/mol. The summed E-state index contributed by atoms with van der Waals surface area (Å²) in [5.74, 6) is 0.537. The number of ether oxygens (including phenoxy) is 1. The molecule has 0 saturated carbocycles. The highest BCUT2D eigenvalue weighted by atomic mass is 35.7. The maximum absolute atomic E-state index is 12.7.